The van der Waals surface area contributed by atoms with Gasteiger partial charge in [-0.2, -0.15) is 5.10 Å². The lowest BCUT2D eigenvalue weighted by Gasteiger charge is -2.02. The summed E-state index contributed by atoms with van der Waals surface area (Å²) >= 11 is 0. The second-order valence-electron chi connectivity index (χ2n) is 3.75. The van der Waals surface area contributed by atoms with Crippen LogP contribution in [0.15, 0.2) is 24.0 Å². The van der Waals surface area contributed by atoms with Gasteiger partial charge >= 0.3 is 11.9 Å². The lowest BCUT2D eigenvalue weighted by molar-refractivity contribution is -0.136. The maximum atomic E-state index is 11.4. The summed E-state index contributed by atoms with van der Waals surface area (Å²) in [5.74, 6) is -0.748. The first-order valence-electron chi connectivity index (χ1n) is 6.09. The highest BCUT2D eigenvalue weighted by Gasteiger charge is 2.10. The van der Waals surface area contributed by atoms with E-state index in [-0.39, 0.29) is 5.97 Å². The summed E-state index contributed by atoms with van der Waals surface area (Å²) in [6.45, 7) is 4.34. The molecule has 0 atom stereocenters. The number of hydrogen-bond donors (Lipinski definition) is 0. The summed E-state index contributed by atoms with van der Waals surface area (Å²) in [6, 6.07) is 0. The molecule has 0 unspecified atom stereocenters. The average molecular weight is 266 g/mol. The highest BCUT2D eigenvalue weighted by Crippen LogP contribution is 2.05. The Labute approximate surface area is 112 Å². The minimum Gasteiger partial charge on any atom is -0.466 e. The van der Waals surface area contributed by atoms with Crippen LogP contribution in [0.3, 0.4) is 0 Å². The van der Waals surface area contributed by atoms with Crippen LogP contribution in [-0.4, -0.2) is 35.4 Å². The largest absolute Gasteiger partial charge is 0.466 e. The molecule has 0 saturated carbocycles. The van der Waals surface area contributed by atoms with E-state index in [1.54, 1.807) is 23.9 Å². The number of methoxy groups -OCH3 is 1. The second-order valence-corrected chi connectivity index (χ2v) is 3.75. The Balaban J connectivity index is 2.70. The summed E-state index contributed by atoms with van der Waals surface area (Å²) in [7, 11) is 1.35. The molecule has 6 heteroatoms. The Morgan fingerprint density at radius 3 is 2.74 bits per heavy atom. The topological polar surface area (TPSA) is 70.4 Å². The molecule has 0 bridgehead atoms. The monoisotopic (exact) mass is 266 g/mol. The number of rotatable bonds is 6. The van der Waals surface area contributed by atoms with Gasteiger partial charge in [0.25, 0.3) is 0 Å². The summed E-state index contributed by atoms with van der Waals surface area (Å²) < 4.78 is 11.1. The molecule has 1 aromatic heterocycles. The predicted octanol–water partition coefficient (Wildman–Crippen LogP) is 1.57. The zero-order valence-electron chi connectivity index (χ0n) is 11.4. The van der Waals surface area contributed by atoms with Crippen LogP contribution in [0.5, 0.6) is 0 Å². The molecule has 0 aliphatic carbocycles. The molecular formula is C13H18N2O4. The van der Waals surface area contributed by atoms with Crippen molar-refractivity contribution in [2.24, 2.45) is 0 Å². The SMILES string of the molecule is CCOC(=O)c1cnn(C/C=C(/CC)C(=O)OC)c1. The second kappa shape index (κ2) is 7.35. The van der Waals surface area contributed by atoms with Crippen molar-refractivity contribution in [1.29, 1.82) is 0 Å². The van der Waals surface area contributed by atoms with Gasteiger partial charge in [0, 0.05) is 11.8 Å². The van der Waals surface area contributed by atoms with E-state index in [1.165, 1.54) is 13.3 Å². The number of esters is 2. The first-order chi connectivity index (χ1) is 9.12. The molecule has 6 nitrogen and oxygen atoms in total. The molecule has 0 saturated heterocycles. The van der Waals surface area contributed by atoms with Crippen LogP contribution < -0.4 is 0 Å². The van der Waals surface area contributed by atoms with E-state index in [2.05, 4.69) is 9.84 Å². The van der Waals surface area contributed by atoms with Gasteiger partial charge in [0.1, 0.15) is 0 Å². The van der Waals surface area contributed by atoms with Gasteiger partial charge in [-0.1, -0.05) is 13.0 Å². The average Bonchev–Trinajstić information content (AvgIpc) is 2.88. The number of carbonyl (C=O) groups excluding carboxylic acids is 2. The van der Waals surface area contributed by atoms with Gasteiger partial charge in [-0.15, -0.1) is 0 Å². The molecule has 19 heavy (non-hydrogen) atoms. The molecule has 0 N–H and O–H groups in total. The zero-order valence-corrected chi connectivity index (χ0v) is 11.4. The molecule has 0 amide bonds. The smallest absolute Gasteiger partial charge is 0.341 e. The molecule has 0 aliphatic heterocycles. The first-order valence-corrected chi connectivity index (χ1v) is 6.09. The maximum Gasteiger partial charge on any atom is 0.341 e. The Morgan fingerprint density at radius 2 is 2.16 bits per heavy atom. The fraction of sp³-hybridized carbons (Fsp3) is 0.462. The van der Waals surface area contributed by atoms with Crippen molar-refractivity contribution in [2.75, 3.05) is 13.7 Å². The maximum absolute atomic E-state index is 11.4. The number of hydrogen-bond acceptors (Lipinski definition) is 5. The van der Waals surface area contributed by atoms with Crippen LogP contribution in [0.2, 0.25) is 0 Å². The Bertz CT molecular complexity index is 477. The number of nitrogens with zero attached hydrogens (tertiary/aromatic N) is 2. The fourth-order valence-electron chi connectivity index (χ4n) is 1.49. The van der Waals surface area contributed by atoms with Crippen LogP contribution in [0.1, 0.15) is 30.6 Å². The van der Waals surface area contributed by atoms with Crippen LogP contribution in [0.4, 0.5) is 0 Å². The molecule has 1 heterocycles. The van der Waals surface area contributed by atoms with Gasteiger partial charge in [0.05, 0.1) is 32.0 Å². The highest BCUT2D eigenvalue weighted by atomic mass is 16.5. The molecule has 1 rings (SSSR count). The summed E-state index contributed by atoms with van der Waals surface area (Å²) in [4.78, 5) is 22.8. The van der Waals surface area contributed by atoms with Crippen molar-refractivity contribution in [1.82, 2.24) is 9.78 Å². The summed E-state index contributed by atoms with van der Waals surface area (Å²) in [6.07, 6.45) is 5.33. The molecule has 0 aliphatic rings. The third-order valence-corrected chi connectivity index (χ3v) is 2.50. The van der Waals surface area contributed by atoms with Crippen molar-refractivity contribution in [2.45, 2.75) is 26.8 Å². The van der Waals surface area contributed by atoms with E-state index in [0.717, 1.165) is 0 Å². The fourth-order valence-corrected chi connectivity index (χ4v) is 1.49. The van der Waals surface area contributed by atoms with Crippen LogP contribution in [0, 0.1) is 0 Å². The Kier molecular flexibility index (Phi) is 5.78. The van der Waals surface area contributed by atoms with Gasteiger partial charge in [0.2, 0.25) is 0 Å². The normalized spacial score (nSPS) is 11.2. The molecule has 0 spiro atoms. The van der Waals surface area contributed by atoms with E-state index in [0.29, 0.717) is 30.7 Å². The van der Waals surface area contributed by atoms with E-state index in [9.17, 15) is 9.59 Å². The number of ether oxygens (including phenoxy) is 2. The summed E-state index contributed by atoms with van der Waals surface area (Å²) in [5, 5.41) is 4.03. The number of aromatic nitrogens is 2. The van der Waals surface area contributed by atoms with Crippen molar-refractivity contribution < 1.29 is 19.1 Å². The van der Waals surface area contributed by atoms with Crippen LogP contribution in [0.25, 0.3) is 0 Å². The van der Waals surface area contributed by atoms with E-state index < -0.39 is 5.97 Å². The number of allylic oxidation sites excluding steroid dienone is 1. The van der Waals surface area contributed by atoms with E-state index in [1.807, 2.05) is 6.92 Å². The predicted molar refractivity (Wildman–Crippen MR) is 68.6 cm³/mol. The van der Waals surface area contributed by atoms with Gasteiger partial charge < -0.3 is 9.47 Å². The zero-order chi connectivity index (χ0) is 14.3. The minimum absolute atomic E-state index is 0.326. The third-order valence-electron chi connectivity index (χ3n) is 2.50. The quantitative estimate of drug-likeness (QED) is 0.577. The van der Waals surface area contributed by atoms with E-state index >= 15 is 0 Å². The van der Waals surface area contributed by atoms with Crippen molar-refractivity contribution in [3.8, 4) is 0 Å². The first kappa shape index (κ1) is 14.9. The highest BCUT2D eigenvalue weighted by molar-refractivity contribution is 5.89. The van der Waals surface area contributed by atoms with Crippen molar-refractivity contribution >= 4 is 11.9 Å². The van der Waals surface area contributed by atoms with Crippen LogP contribution in [-0.2, 0) is 20.8 Å². The van der Waals surface area contributed by atoms with E-state index in [4.69, 9.17) is 4.74 Å². The lowest BCUT2D eigenvalue weighted by Crippen LogP contribution is -2.06. The molecule has 0 fully saturated rings. The molecular weight excluding hydrogens is 248 g/mol. The van der Waals surface area contributed by atoms with Crippen molar-refractivity contribution in [3.63, 3.8) is 0 Å². The molecule has 0 radical (unpaired) electrons. The molecule has 0 aromatic carbocycles. The Hall–Kier alpha value is -2.11. The molecule has 1 aromatic rings. The van der Waals surface area contributed by atoms with Gasteiger partial charge in [-0.05, 0) is 13.3 Å². The number of carbonyl (C=O) groups is 2. The summed E-state index contributed by atoms with van der Waals surface area (Å²) in [5.41, 5.74) is 0.974. The van der Waals surface area contributed by atoms with Gasteiger partial charge in [-0.25, -0.2) is 9.59 Å². The van der Waals surface area contributed by atoms with Crippen LogP contribution >= 0.6 is 0 Å². The Morgan fingerprint density at radius 1 is 1.42 bits per heavy atom. The van der Waals surface area contributed by atoms with Gasteiger partial charge in [0.15, 0.2) is 0 Å². The lowest BCUT2D eigenvalue weighted by atomic mass is 10.2. The minimum atomic E-state index is -0.401. The van der Waals surface area contributed by atoms with Gasteiger partial charge in [-0.3, -0.25) is 4.68 Å². The molecule has 104 valence electrons. The van der Waals surface area contributed by atoms with Crippen molar-refractivity contribution in [3.05, 3.63) is 29.6 Å². The standard InChI is InChI=1S/C13H18N2O4/c1-4-10(12(16)18-3)6-7-15-9-11(8-14-15)13(17)19-5-2/h6,8-9H,4-5,7H2,1-3H3/b10-6-. The third kappa shape index (κ3) is 4.24.